The monoisotopic (exact) mass is 372 g/mol. The molecule has 0 aliphatic heterocycles. The number of esters is 1. The van der Waals surface area contributed by atoms with Gasteiger partial charge in [0.15, 0.2) is 0 Å². The van der Waals surface area contributed by atoms with Gasteiger partial charge < -0.3 is 9.47 Å². The van der Waals surface area contributed by atoms with Crippen molar-refractivity contribution in [1.29, 1.82) is 0 Å². The molecule has 0 heterocycles. The lowest BCUT2D eigenvalue weighted by molar-refractivity contribution is -0.150. The maximum atomic E-state index is 12.5. The van der Waals surface area contributed by atoms with Crippen LogP contribution >= 0.6 is 0 Å². The quantitative estimate of drug-likeness (QED) is 0.564. The zero-order valence-electron chi connectivity index (χ0n) is 15.8. The maximum Gasteiger partial charge on any atom is 0.309 e. The molecule has 1 atom stereocenters. The average molecular weight is 372 g/mol. The summed E-state index contributed by atoms with van der Waals surface area (Å²) >= 11 is 0. The molecule has 0 radical (unpaired) electrons. The molecule has 1 aliphatic rings. The van der Waals surface area contributed by atoms with E-state index < -0.39 is 0 Å². The van der Waals surface area contributed by atoms with Crippen LogP contribution in [0.5, 0.6) is 5.75 Å². The fourth-order valence-electron chi connectivity index (χ4n) is 3.61. The summed E-state index contributed by atoms with van der Waals surface area (Å²) in [4.78, 5) is 12.5. The van der Waals surface area contributed by atoms with Crippen molar-refractivity contribution in [1.82, 2.24) is 0 Å². The summed E-state index contributed by atoms with van der Waals surface area (Å²) in [5, 5.41) is 0. The third kappa shape index (κ3) is 4.61. The summed E-state index contributed by atoms with van der Waals surface area (Å²) in [6, 6.07) is 26.2. The highest BCUT2D eigenvalue weighted by Gasteiger charge is 2.26. The Kier molecular flexibility index (Phi) is 5.72. The minimum atomic E-state index is -0.0982. The number of fused-ring (bicyclic) bond motifs is 1. The van der Waals surface area contributed by atoms with Gasteiger partial charge in [-0.3, -0.25) is 4.79 Å². The molecule has 0 aromatic heterocycles. The minimum Gasteiger partial charge on any atom is -0.489 e. The minimum absolute atomic E-state index is 0.0627. The first-order valence-corrected chi connectivity index (χ1v) is 9.77. The molecule has 28 heavy (non-hydrogen) atoms. The number of carbonyl (C=O) groups is 1. The fourth-order valence-corrected chi connectivity index (χ4v) is 3.61. The molecule has 3 aromatic rings. The molecule has 0 saturated heterocycles. The lowest BCUT2D eigenvalue weighted by Gasteiger charge is -2.24. The van der Waals surface area contributed by atoms with Gasteiger partial charge >= 0.3 is 5.97 Å². The van der Waals surface area contributed by atoms with Crippen molar-refractivity contribution >= 4 is 5.97 Å². The van der Waals surface area contributed by atoms with Gasteiger partial charge in [-0.2, -0.15) is 0 Å². The normalized spacial score (nSPS) is 15.5. The first kappa shape index (κ1) is 18.3. The second-order valence-corrected chi connectivity index (χ2v) is 7.24. The van der Waals surface area contributed by atoms with Crippen LogP contribution in [0.1, 0.15) is 28.7 Å². The molecule has 3 heteroatoms. The lowest BCUT2D eigenvalue weighted by atomic mass is 9.84. The molecule has 0 amide bonds. The predicted molar refractivity (Wildman–Crippen MR) is 109 cm³/mol. The average Bonchev–Trinajstić information content (AvgIpc) is 2.77. The van der Waals surface area contributed by atoms with Crippen molar-refractivity contribution in [2.75, 3.05) is 0 Å². The van der Waals surface area contributed by atoms with Crippen molar-refractivity contribution in [3.8, 4) is 5.75 Å². The molecule has 3 aromatic carbocycles. The van der Waals surface area contributed by atoms with Crippen LogP contribution in [-0.2, 0) is 35.6 Å². The van der Waals surface area contributed by atoms with E-state index >= 15 is 0 Å². The standard InChI is InChI=1S/C25H24O3/c26-25(28-18-20-9-5-2-6-10-20)23-12-11-22-16-24(14-13-21(22)15-23)27-17-19-7-3-1-4-8-19/h1-10,13-14,16,23H,11-12,15,17-18H2. The van der Waals surface area contributed by atoms with Gasteiger partial charge in [0, 0.05) is 0 Å². The van der Waals surface area contributed by atoms with Crippen LogP contribution in [0.25, 0.3) is 0 Å². The van der Waals surface area contributed by atoms with Crippen molar-refractivity contribution in [3.05, 3.63) is 101 Å². The van der Waals surface area contributed by atoms with Gasteiger partial charge in [-0.05, 0) is 53.6 Å². The molecule has 1 unspecified atom stereocenters. The molecular formula is C25H24O3. The molecule has 0 fully saturated rings. The van der Waals surface area contributed by atoms with Crippen LogP contribution in [0.3, 0.4) is 0 Å². The Morgan fingerprint density at radius 2 is 1.50 bits per heavy atom. The number of aryl methyl sites for hydroxylation is 1. The maximum absolute atomic E-state index is 12.5. The number of rotatable bonds is 6. The molecule has 1 aliphatic carbocycles. The summed E-state index contributed by atoms with van der Waals surface area (Å²) in [5.74, 6) is 0.721. The summed E-state index contributed by atoms with van der Waals surface area (Å²) in [7, 11) is 0. The predicted octanol–water partition coefficient (Wildman–Crippen LogP) is 5.11. The van der Waals surface area contributed by atoms with Gasteiger partial charge in [0.25, 0.3) is 0 Å². The number of ether oxygens (including phenoxy) is 2. The molecule has 0 spiro atoms. The first-order valence-electron chi connectivity index (χ1n) is 9.77. The van der Waals surface area contributed by atoms with Gasteiger partial charge in [-0.15, -0.1) is 0 Å². The number of hydrogen-bond donors (Lipinski definition) is 0. The fraction of sp³-hybridized carbons (Fsp3) is 0.240. The Bertz CT molecular complexity index is 919. The summed E-state index contributed by atoms with van der Waals surface area (Å²) in [6.45, 7) is 0.906. The van der Waals surface area contributed by atoms with Crippen LogP contribution in [-0.4, -0.2) is 5.97 Å². The zero-order valence-corrected chi connectivity index (χ0v) is 15.8. The zero-order chi connectivity index (χ0) is 19.2. The van der Waals surface area contributed by atoms with Crippen LogP contribution in [0.15, 0.2) is 78.9 Å². The molecule has 142 valence electrons. The smallest absolute Gasteiger partial charge is 0.309 e. The molecule has 3 nitrogen and oxygen atoms in total. The number of hydrogen-bond acceptors (Lipinski definition) is 3. The largest absolute Gasteiger partial charge is 0.489 e. The summed E-state index contributed by atoms with van der Waals surface area (Å²) in [6.07, 6.45) is 2.44. The van der Waals surface area contributed by atoms with Crippen LogP contribution < -0.4 is 4.74 Å². The SMILES string of the molecule is O=C(OCc1ccccc1)C1CCc2cc(OCc3ccccc3)ccc2C1. The van der Waals surface area contributed by atoms with Gasteiger partial charge in [0.2, 0.25) is 0 Å². The summed E-state index contributed by atoms with van der Waals surface area (Å²) in [5.41, 5.74) is 4.67. The Hall–Kier alpha value is -3.07. The lowest BCUT2D eigenvalue weighted by Crippen LogP contribution is -2.24. The summed E-state index contributed by atoms with van der Waals surface area (Å²) < 4.78 is 11.5. The van der Waals surface area contributed by atoms with E-state index in [1.165, 1.54) is 11.1 Å². The topological polar surface area (TPSA) is 35.5 Å². The van der Waals surface area contributed by atoms with E-state index in [-0.39, 0.29) is 11.9 Å². The van der Waals surface area contributed by atoms with Crippen LogP contribution in [0, 0.1) is 5.92 Å². The Balaban J connectivity index is 1.33. The van der Waals surface area contributed by atoms with E-state index in [9.17, 15) is 4.79 Å². The second-order valence-electron chi connectivity index (χ2n) is 7.24. The molecule has 4 rings (SSSR count). The highest BCUT2D eigenvalue weighted by Crippen LogP contribution is 2.30. The first-order chi connectivity index (χ1) is 13.8. The molecule has 0 bridgehead atoms. The molecule has 0 N–H and O–H groups in total. The second kappa shape index (κ2) is 8.75. The van der Waals surface area contributed by atoms with E-state index in [1.54, 1.807) is 0 Å². The third-order valence-corrected chi connectivity index (χ3v) is 5.21. The molecule has 0 saturated carbocycles. The third-order valence-electron chi connectivity index (χ3n) is 5.21. The van der Waals surface area contributed by atoms with Crippen LogP contribution in [0.4, 0.5) is 0 Å². The van der Waals surface area contributed by atoms with Gasteiger partial charge in [0.1, 0.15) is 19.0 Å². The number of benzene rings is 3. The Morgan fingerprint density at radius 1 is 0.821 bits per heavy atom. The highest BCUT2D eigenvalue weighted by atomic mass is 16.5. The van der Waals surface area contributed by atoms with Crippen molar-refractivity contribution in [2.24, 2.45) is 5.92 Å². The Morgan fingerprint density at radius 3 is 2.21 bits per heavy atom. The highest BCUT2D eigenvalue weighted by molar-refractivity contribution is 5.73. The molecular weight excluding hydrogens is 348 g/mol. The van der Waals surface area contributed by atoms with Gasteiger partial charge in [-0.1, -0.05) is 66.7 Å². The van der Waals surface area contributed by atoms with E-state index in [0.717, 1.165) is 36.1 Å². The van der Waals surface area contributed by atoms with E-state index in [2.05, 4.69) is 24.3 Å². The van der Waals surface area contributed by atoms with E-state index in [4.69, 9.17) is 9.47 Å². The van der Waals surface area contributed by atoms with Crippen molar-refractivity contribution in [3.63, 3.8) is 0 Å². The Labute approximate surface area is 165 Å². The van der Waals surface area contributed by atoms with Gasteiger partial charge in [0.05, 0.1) is 5.92 Å². The van der Waals surface area contributed by atoms with Crippen molar-refractivity contribution < 1.29 is 14.3 Å². The van der Waals surface area contributed by atoms with E-state index in [0.29, 0.717) is 13.2 Å². The van der Waals surface area contributed by atoms with E-state index in [1.807, 2.05) is 54.6 Å². The van der Waals surface area contributed by atoms with Gasteiger partial charge in [-0.25, -0.2) is 0 Å². The number of carbonyl (C=O) groups excluding carboxylic acids is 1. The van der Waals surface area contributed by atoms with Crippen LogP contribution in [0.2, 0.25) is 0 Å². The van der Waals surface area contributed by atoms with Crippen molar-refractivity contribution in [2.45, 2.75) is 32.5 Å².